The standard InChI is InChI=1S/C29H28N4O3/c1-17(2)18-9-11-19(12-10-18)27-25-26(32-29-30-16-31-33(27)29)21-7-5-6-8-23(21)36-28(25)22-14-13-20(34-3)15-24(22)35-4/h5-17,27-28H,1-4H3,(H,30,31,32)/t27-,28+/m1/s1. The van der Waals surface area contributed by atoms with Crippen molar-refractivity contribution in [3.05, 3.63) is 101 Å². The number of anilines is 1. The zero-order chi connectivity index (χ0) is 24.8. The normalized spacial score (nSPS) is 18.0. The van der Waals surface area contributed by atoms with Crippen LogP contribution in [0.15, 0.2) is 78.6 Å². The van der Waals surface area contributed by atoms with E-state index in [0.29, 0.717) is 17.6 Å². The molecule has 0 bridgehead atoms. The van der Waals surface area contributed by atoms with Gasteiger partial charge in [0.05, 0.1) is 19.9 Å². The highest BCUT2D eigenvalue weighted by Gasteiger charge is 2.41. The number of para-hydroxylation sites is 1. The van der Waals surface area contributed by atoms with Crippen molar-refractivity contribution in [3.8, 4) is 17.2 Å². The van der Waals surface area contributed by atoms with Gasteiger partial charge in [0.1, 0.15) is 29.6 Å². The molecule has 0 spiro atoms. The molecule has 3 aromatic carbocycles. The summed E-state index contributed by atoms with van der Waals surface area (Å²) in [6, 6.07) is 22.5. The predicted octanol–water partition coefficient (Wildman–Crippen LogP) is 5.98. The number of hydrogen-bond acceptors (Lipinski definition) is 6. The fraction of sp³-hybridized carbons (Fsp3) is 0.241. The van der Waals surface area contributed by atoms with Crippen LogP contribution in [0, 0.1) is 0 Å². The van der Waals surface area contributed by atoms with Crippen molar-refractivity contribution < 1.29 is 14.2 Å². The van der Waals surface area contributed by atoms with Gasteiger partial charge in [0, 0.05) is 22.8 Å². The number of nitrogens with zero attached hydrogens (tertiary/aromatic N) is 3. The summed E-state index contributed by atoms with van der Waals surface area (Å²) in [5.41, 5.74) is 6.34. The monoisotopic (exact) mass is 480 g/mol. The molecule has 2 aliphatic heterocycles. The minimum absolute atomic E-state index is 0.217. The molecule has 0 fully saturated rings. The first kappa shape index (κ1) is 22.2. The summed E-state index contributed by atoms with van der Waals surface area (Å²) >= 11 is 0. The van der Waals surface area contributed by atoms with Gasteiger partial charge < -0.3 is 19.5 Å². The minimum Gasteiger partial charge on any atom is -0.497 e. The average molecular weight is 481 g/mol. The molecule has 7 nitrogen and oxygen atoms in total. The van der Waals surface area contributed by atoms with Crippen LogP contribution in [0.2, 0.25) is 0 Å². The number of fused-ring (bicyclic) bond motifs is 3. The van der Waals surface area contributed by atoms with E-state index < -0.39 is 6.10 Å². The Morgan fingerprint density at radius 3 is 2.53 bits per heavy atom. The Kier molecular flexibility index (Phi) is 5.40. The highest BCUT2D eigenvalue weighted by Crippen LogP contribution is 2.52. The van der Waals surface area contributed by atoms with Gasteiger partial charge in [-0.25, -0.2) is 4.68 Å². The highest BCUT2D eigenvalue weighted by atomic mass is 16.5. The van der Waals surface area contributed by atoms with Crippen LogP contribution in [0.4, 0.5) is 5.95 Å². The molecule has 0 amide bonds. The number of nitrogens with one attached hydrogen (secondary N) is 1. The number of rotatable bonds is 5. The topological polar surface area (TPSA) is 70.4 Å². The summed E-state index contributed by atoms with van der Waals surface area (Å²) in [5, 5.41) is 8.17. The number of ether oxygens (including phenoxy) is 3. The van der Waals surface area contributed by atoms with Gasteiger partial charge in [-0.1, -0.05) is 50.2 Å². The SMILES string of the molecule is COc1ccc([C@@H]2Oc3ccccc3C3=C2[C@@H](c2ccc(C(C)C)cc2)n2ncnc2N3)c(OC)c1. The molecule has 0 saturated heterocycles. The summed E-state index contributed by atoms with van der Waals surface area (Å²) in [4.78, 5) is 4.52. The molecule has 3 heterocycles. The lowest BCUT2D eigenvalue weighted by molar-refractivity contribution is 0.217. The van der Waals surface area contributed by atoms with E-state index in [1.165, 1.54) is 5.56 Å². The van der Waals surface area contributed by atoms with Gasteiger partial charge >= 0.3 is 0 Å². The van der Waals surface area contributed by atoms with Crippen molar-refractivity contribution in [3.63, 3.8) is 0 Å². The lowest BCUT2D eigenvalue weighted by atomic mass is 9.84. The van der Waals surface area contributed by atoms with Crippen LogP contribution >= 0.6 is 0 Å². The molecular formula is C29H28N4O3. The van der Waals surface area contributed by atoms with E-state index in [2.05, 4.69) is 59.6 Å². The fourth-order valence-corrected chi connectivity index (χ4v) is 5.09. The van der Waals surface area contributed by atoms with Gasteiger partial charge in [-0.3, -0.25) is 0 Å². The van der Waals surface area contributed by atoms with E-state index in [9.17, 15) is 0 Å². The molecule has 4 aromatic rings. The van der Waals surface area contributed by atoms with Crippen LogP contribution in [0.5, 0.6) is 17.2 Å². The van der Waals surface area contributed by atoms with Crippen LogP contribution in [-0.2, 0) is 0 Å². The molecule has 36 heavy (non-hydrogen) atoms. The second-order valence-electron chi connectivity index (χ2n) is 9.31. The maximum absolute atomic E-state index is 6.73. The van der Waals surface area contributed by atoms with Crippen molar-refractivity contribution in [1.29, 1.82) is 0 Å². The summed E-state index contributed by atoms with van der Waals surface area (Å²) in [7, 11) is 3.32. The van der Waals surface area contributed by atoms with Crippen molar-refractivity contribution in [1.82, 2.24) is 14.8 Å². The minimum atomic E-state index is -0.421. The maximum atomic E-state index is 6.73. The van der Waals surface area contributed by atoms with Gasteiger partial charge in [0.25, 0.3) is 0 Å². The lowest BCUT2D eigenvalue weighted by Gasteiger charge is -2.39. The first-order valence-corrected chi connectivity index (χ1v) is 12.1. The summed E-state index contributed by atoms with van der Waals surface area (Å²) < 4.78 is 19.9. The second-order valence-corrected chi connectivity index (χ2v) is 9.31. The Morgan fingerprint density at radius 2 is 1.78 bits per heavy atom. The molecule has 0 radical (unpaired) electrons. The van der Waals surface area contributed by atoms with Crippen molar-refractivity contribution in [2.24, 2.45) is 0 Å². The quantitative estimate of drug-likeness (QED) is 0.379. The molecule has 6 rings (SSSR count). The summed E-state index contributed by atoms with van der Waals surface area (Å²) in [6.07, 6.45) is 1.17. The molecule has 1 aromatic heterocycles. The van der Waals surface area contributed by atoms with Crippen molar-refractivity contribution in [2.45, 2.75) is 31.9 Å². The molecule has 7 heteroatoms. The van der Waals surface area contributed by atoms with Crippen LogP contribution < -0.4 is 19.5 Å². The summed E-state index contributed by atoms with van der Waals surface area (Å²) in [5.74, 6) is 3.37. The third-order valence-electron chi connectivity index (χ3n) is 6.96. The molecule has 0 unspecified atom stereocenters. The predicted molar refractivity (Wildman–Crippen MR) is 139 cm³/mol. The van der Waals surface area contributed by atoms with E-state index in [1.54, 1.807) is 20.5 Å². The Bertz CT molecular complexity index is 1460. The van der Waals surface area contributed by atoms with Crippen LogP contribution in [-0.4, -0.2) is 29.0 Å². The third-order valence-corrected chi connectivity index (χ3v) is 6.96. The molecule has 2 atom stereocenters. The van der Waals surface area contributed by atoms with Crippen LogP contribution in [0.25, 0.3) is 5.70 Å². The largest absolute Gasteiger partial charge is 0.497 e. The van der Waals surface area contributed by atoms with E-state index in [0.717, 1.165) is 39.5 Å². The van der Waals surface area contributed by atoms with E-state index >= 15 is 0 Å². The smallest absolute Gasteiger partial charge is 0.226 e. The van der Waals surface area contributed by atoms with Gasteiger partial charge in [-0.05, 0) is 41.3 Å². The van der Waals surface area contributed by atoms with E-state index in [-0.39, 0.29) is 6.04 Å². The number of methoxy groups -OCH3 is 2. The Balaban J connectivity index is 1.59. The third kappa shape index (κ3) is 3.50. The van der Waals surface area contributed by atoms with Crippen LogP contribution in [0.3, 0.4) is 0 Å². The number of hydrogen-bond donors (Lipinski definition) is 1. The molecule has 0 aliphatic carbocycles. The Morgan fingerprint density at radius 1 is 0.972 bits per heavy atom. The van der Waals surface area contributed by atoms with Crippen molar-refractivity contribution in [2.75, 3.05) is 19.5 Å². The molecular weight excluding hydrogens is 452 g/mol. The van der Waals surface area contributed by atoms with E-state index in [1.807, 2.05) is 41.1 Å². The molecule has 1 N–H and O–H groups in total. The van der Waals surface area contributed by atoms with Gasteiger partial charge in [0.2, 0.25) is 5.95 Å². The molecule has 2 aliphatic rings. The van der Waals surface area contributed by atoms with Crippen molar-refractivity contribution >= 4 is 11.6 Å². The zero-order valence-electron chi connectivity index (χ0n) is 20.7. The first-order chi connectivity index (χ1) is 17.6. The van der Waals surface area contributed by atoms with Crippen LogP contribution in [0.1, 0.15) is 54.2 Å². The highest BCUT2D eigenvalue weighted by molar-refractivity contribution is 5.85. The second kappa shape index (κ2) is 8.75. The number of aromatic nitrogens is 3. The zero-order valence-corrected chi connectivity index (χ0v) is 20.7. The number of benzene rings is 3. The maximum Gasteiger partial charge on any atom is 0.226 e. The fourth-order valence-electron chi connectivity index (χ4n) is 5.09. The lowest BCUT2D eigenvalue weighted by Crippen LogP contribution is -2.32. The van der Waals surface area contributed by atoms with Gasteiger partial charge in [-0.2, -0.15) is 10.1 Å². The molecule has 182 valence electrons. The molecule has 0 saturated carbocycles. The Hall–Kier alpha value is -4.26. The van der Waals surface area contributed by atoms with E-state index in [4.69, 9.17) is 14.2 Å². The van der Waals surface area contributed by atoms with Gasteiger partial charge in [0.15, 0.2) is 6.10 Å². The van der Waals surface area contributed by atoms with Gasteiger partial charge in [-0.15, -0.1) is 0 Å². The first-order valence-electron chi connectivity index (χ1n) is 12.1. The Labute approximate surface area is 210 Å². The average Bonchev–Trinajstić information content (AvgIpc) is 3.39. The summed E-state index contributed by atoms with van der Waals surface area (Å²) in [6.45, 7) is 4.40.